The Morgan fingerprint density at radius 3 is 2.36 bits per heavy atom. The lowest BCUT2D eigenvalue weighted by atomic mass is 10.2. The predicted octanol–water partition coefficient (Wildman–Crippen LogP) is 4.15. The van der Waals surface area contributed by atoms with Crippen LogP contribution in [0.4, 0.5) is 5.69 Å². The summed E-state index contributed by atoms with van der Waals surface area (Å²) in [6.07, 6.45) is 0. The third-order valence-electron chi connectivity index (χ3n) is 4.69. The first kappa shape index (κ1) is 20.9. The zero-order valence-corrected chi connectivity index (χ0v) is 17.5. The Balaban J connectivity index is 1.42. The number of ether oxygens (including phenoxy) is 1. The van der Waals surface area contributed by atoms with Crippen molar-refractivity contribution in [3.05, 3.63) is 58.1 Å². The number of halogens is 2. The predicted molar refractivity (Wildman–Crippen MR) is 114 cm³/mol. The van der Waals surface area contributed by atoms with Crippen LogP contribution in [-0.4, -0.2) is 55.0 Å². The Labute approximate surface area is 176 Å². The summed E-state index contributed by atoms with van der Waals surface area (Å²) < 4.78 is 5.41. The Kier molecular flexibility index (Phi) is 7.57. The van der Waals surface area contributed by atoms with E-state index in [1.807, 2.05) is 43.3 Å². The Morgan fingerprint density at radius 1 is 1.04 bits per heavy atom. The van der Waals surface area contributed by atoms with Crippen LogP contribution in [0.5, 0.6) is 5.75 Å². The molecule has 2 aromatic carbocycles. The lowest BCUT2D eigenvalue weighted by molar-refractivity contribution is -0.117. The molecule has 0 unspecified atom stereocenters. The van der Waals surface area contributed by atoms with E-state index in [1.54, 1.807) is 6.07 Å². The van der Waals surface area contributed by atoms with Gasteiger partial charge in [0, 0.05) is 48.5 Å². The topological polar surface area (TPSA) is 44.8 Å². The summed E-state index contributed by atoms with van der Waals surface area (Å²) in [6.45, 7) is 7.25. The number of piperazine rings is 1. The number of nitrogens with zero attached hydrogens (tertiary/aromatic N) is 2. The van der Waals surface area contributed by atoms with Crippen LogP contribution in [0, 0.1) is 0 Å². The van der Waals surface area contributed by atoms with Gasteiger partial charge in [-0.1, -0.05) is 29.3 Å². The zero-order chi connectivity index (χ0) is 19.9. The number of hydrogen-bond donors (Lipinski definition) is 1. The van der Waals surface area contributed by atoms with E-state index in [9.17, 15) is 4.79 Å². The fraction of sp³-hybridized carbons (Fsp3) is 0.381. The largest absolute Gasteiger partial charge is 0.494 e. The van der Waals surface area contributed by atoms with Gasteiger partial charge in [0.1, 0.15) is 5.75 Å². The molecule has 1 saturated heterocycles. The number of carbonyl (C=O) groups excluding carboxylic acids is 1. The van der Waals surface area contributed by atoms with Crippen molar-refractivity contribution in [3.63, 3.8) is 0 Å². The minimum atomic E-state index is -0.00152. The zero-order valence-electron chi connectivity index (χ0n) is 16.0. The number of hydrogen-bond acceptors (Lipinski definition) is 4. The highest BCUT2D eigenvalue weighted by molar-refractivity contribution is 6.35. The molecule has 1 aliphatic heterocycles. The number of amides is 1. The van der Waals surface area contributed by atoms with Crippen molar-refractivity contribution in [3.8, 4) is 5.75 Å². The maximum absolute atomic E-state index is 12.3. The molecule has 0 atom stereocenters. The Bertz CT molecular complexity index is 791. The number of rotatable bonds is 7. The van der Waals surface area contributed by atoms with Crippen LogP contribution >= 0.6 is 23.2 Å². The molecule has 0 bridgehead atoms. The Hall–Kier alpha value is -1.79. The minimum Gasteiger partial charge on any atom is -0.494 e. The average molecular weight is 422 g/mol. The molecule has 1 aliphatic rings. The summed E-state index contributed by atoms with van der Waals surface area (Å²) in [5.41, 5.74) is 1.86. The van der Waals surface area contributed by atoms with Gasteiger partial charge in [-0.2, -0.15) is 0 Å². The molecule has 1 amide bonds. The third-order valence-corrected chi connectivity index (χ3v) is 5.28. The summed E-state index contributed by atoms with van der Waals surface area (Å²) in [6, 6.07) is 13.1. The molecule has 1 fully saturated rings. The van der Waals surface area contributed by atoms with Crippen molar-refractivity contribution < 1.29 is 9.53 Å². The van der Waals surface area contributed by atoms with Gasteiger partial charge in [0.05, 0.1) is 13.2 Å². The lowest BCUT2D eigenvalue weighted by Gasteiger charge is -2.34. The molecular weight excluding hydrogens is 397 g/mol. The standard InChI is InChI=1S/C21H25Cl2N3O2/c1-2-28-19-7-5-18(6-8-19)24-21(27)15-26-11-9-25(10-12-26)14-16-3-4-17(22)13-20(16)23/h3-8,13H,2,9-12,14-15H2,1H3,(H,24,27). The summed E-state index contributed by atoms with van der Waals surface area (Å²) in [4.78, 5) is 16.8. The van der Waals surface area contributed by atoms with Gasteiger partial charge in [0.2, 0.25) is 5.91 Å². The highest BCUT2D eigenvalue weighted by atomic mass is 35.5. The first-order valence-electron chi connectivity index (χ1n) is 9.45. The molecule has 0 aliphatic carbocycles. The summed E-state index contributed by atoms with van der Waals surface area (Å²) in [7, 11) is 0. The molecule has 2 aromatic rings. The summed E-state index contributed by atoms with van der Waals surface area (Å²) in [5.74, 6) is 0.802. The quantitative estimate of drug-likeness (QED) is 0.728. The smallest absolute Gasteiger partial charge is 0.238 e. The summed E-state index contributed by atoms with van der Waals surface area (Å²) in [5, 5.41) is 4.29. The summed E-state index contributed by atoms with van der Waals surface area (Å²) >= 11 is 12.2. The van der Waals surface area contributed by atoms with Crippen LogP contribution in [0.15, 0.2) is 42.5 Å². The van der Waals surface area contributed by atoms with Gasteiger partial charge >= 0.3 is 0 Å². The number of nitrogens with one attached hydrogen (secondary N) is 1. The molecule has 3 rings (SSSR count). The molecule has 5 nitrogen and oxygen atoms in total. The fourth-order valence-corrected chi connectivity index (χ4v) is 3.67. The highest BCUT2D eigenvalue weighted by Crippen LogP contribution is 2.22. The van der Waals surface area contributed by atoms with Crippen molar-refractivity contribution in [1.29, 1.82) is 0 Å². The monoisotopic (exact) mass is 421 g/mol. The second kappa shape index (κ2) is 10.1. The van der Waals surface area contributed by atoms with Crippen molar-refractivity contribution in [2.75, 3.05) is 44.6 Å². The third kappa shape index (κ3) is 6.11. The van der Waals surface area contributed by atoms with E-state index in [0.717, 1.165) is 49.7 Å². The van der Waals surface area contributed by atoms with Crippen LogP contribution in [0.1, 0.15) is 12.5 Å². The van der Waals surface area contributed by atoms with Gasteiger partial charge in [-0.05, 0) is 48.9 Å². The van der Waals surface area contributed by atoms with E-state index in [0.29, 0.717) is 23.2 Å². The van der Waals surface area contributed by atoms with Crippen molar-refractivity contribution >= 4 is 34.8 Å². The van der Waals surface area contributed by atoms with E-state index < -0.39 is 0 Å². The molecule has 1 heterocycles. The van der Waals surface area contributed by atoms with Crippen LogP contribution in [0.2, 0.25) is 10.0 Å². The van der Waals surface area contributed by atoms with Gasteiger partial charge in [-0.3, -0.25) is 14.6 Å². The molecule has 0 spiro atoms. The SMILES string of the molecule is CCOc1ccc(NC(=O)CN2CCN(Cc3ccc(Cl)cc3Cl)CC2)cc1. The lowest BCUT2D eigenvalue weighted by Crippen LogP contribution is -2.48. The first-order valence-corrected chi connectivity index (χ1v) is 10.2. The van der Waals surface area contributed by atoms with Crippen LogP contribution in [-0.2, 0) is 11.3 Å². The Morgan fingerprint density at radius 2 is 1.71 bits per heavy atom. The van der Waals surface area contributed by atoms with E-state index in [-0.39, 0.29) is 5.91 Å². The molecule has 28 heavy (non-hydrogen) atoms. The van der Waals surface area contributed by atoms with Gasteiger partial charge in [0.15, 0.2) is 0 Å². The molecule has 0 aromatic heterocycles. The van der Waals surface area contributed by atoms with Crippen molar-refractivity contribution in [1.82, 2.24) is 9.80 Å². The average Bonchev–Trinajstić information content (AvgIpc) is 2.67. The van der Waals surface area contributed by atoms with E-state index in [4.69, 9.17) is 27.9 Å². The van der Waals surface area contributed by atoms with Gasteiger partial charge in [-0.15, -0.1) is 0 Å². The highest BCUT2D eigenvalue weighted by Gasteiger charge is 2.19. The fourth-order valence-electron chi connectivity index (χ4n) is 3.20. The second-order valence-electron chi connectivity index (χ2n) is 6.79. The number of anilines is 1. The molecule has 150 valence electrons. The van der Waals surface area contributed by atoms with Gasteiger partial charge in [0.25, 0.3) is 0 Å². The molecule has 0 saturated carbocycles. The molecular formula is C21H25Cl2N3O2. The molecule has 1 N–H and O–H groups in total. The molecule has 7 heteroatoms. The van der Waals surface area contributed by atoms with E-state index in [2.05, 4.69) is 15.1 Å². The van der Waals surface area contributed by atoms with Crippen molar-refractivity contribution in [2.24, 2.45) is 0 Å². The van der Waals surface area contributed by atoms with Crippen LogP contribution in [0.3, 0.4) is 0 Å². The van der Waals surface area contributed by atoms with Crippen LogP contribution in [0.25, 0.3) is 0 Å². The number of benzene rings is 2. The normalized spacial score (nSPS) is 15.4. The van der Waals surface area contributed by atoms with Gasteiger partial charge < -0.3 is 10.1 Å². The van der Waals surface area contributed by atoms with Crippen LogP contribution < -0.4 is 10.1 Å². The number of carbonyl (C=O) groups is 1. The second-order valence-corrected chi connectivity index (χ2v) is 7.64. The van der Waals surface area contributed by atoms with E-state index in [1.165, 1.54) is 0 Å². The maximum Gasteiger partial charge on any atom is 0.238 e. The minimum absolute atomic E-state index is 0.00152. The first-order chi connectivity index (χ1) is 13.5. The molecule has 0 radical (unpaired) electrons. The van der Waals surface area contributed by atoms with E-state index >= 15 is 0 Å². The maximum atomic E-state index is 12.3. The van der Waals surface area contributed by atoms with Crippen molar-refractivity contribution in [2.45, 2.75) is 13.5 Å². The van der Waals surface area contributed by atoms with Gasteiger partial charge in [-0.25, -0.2) is 0 Å².